The smallest absolute Gasteiger partial charge is 0.240 e. The van der Waals surface area contributed by atoms with Crippen LogP contribution in [-0.2, 0) is 16.2 Å². The minimum atomic E-state index is -0.413. The maximum Gasteiger partial charge on any atom is 0.240 e. The molecule has 0 unspecified atom stereocenters. The van der Waals surface area contributed by atoms with Gasteiger partial charge in [-0.05, 0) is 72.6 Å². The minimum Gasteiger partial charge on any atom is -0.490 e. The first kappa shape index (κ1) is 25.7. The number of carbonyl (C=O) groups excluding carboxylic acids is 2. The first-order chi connectivity index (χ1) is 16.9. The molecule has 0 fully saturated rings. The van der Waals surface area contributed by atoms with E-state index in [0.717, 1.165) is 5.56 Å². The van der Waals surface area contributed by atoms with Crippen LogP contribution in [0.3, 0.4) is 0 Å². The number of benzene rings is 3. The Balaban J connectivity index is 1.48. The van der Waals surface area contributed by atoms with Crippen molar-refractivity contribution < 1.29 is 23.5 Å². The van der Waals surface area contributed by atoms with Gasteiger partial charge in [0.05, 0.1) is 12.8 Å². The zero-order valence-electron chi connectivity index (χ0n) is 19.1. The van der Waals surface area contributed by atoms with Gasteiger partial charge in [0.15, 0.2) is 11.5 Å². The summed E-state index contributed by atoms with van der Waals surface area (Å²) in [5.41, 5.74) is 4.52. The van der Waals surface area contributed by atoms with E-state index in [1.54, 1.807) is 30.3 Å². The van der Waals surface area contributed by atoms with Crippen LogP contribution in [0.4, 0.5) is 10.1 Å². The van der Waals surface area contributed by atoms with E-state index in [-0.39, 0.29) is 18.7 Å². The summed E-state index contributed by atoms with van der Waals surface area (Å²) in [4.78, 5) is 23.9. The van der Waals surface area contributed by atoms with Crippen molar-refractivity contribution in [3.63, 3.8) is 0 Å². The molecule has 182 valence electrons. The zero-order valence-corrected chi connectivity index (χ0v) is 19.8. The molecule has 0 aromatic heterocycles. The highest BCUT2D eigenvalue weighted by molar-refractivity contribution is 6.30. The minimum absolute atomic E-state index is 0.0348. The average molecular weight is 498 g/mol. The maximum atomic E-state index is 12.9. The van der Waals surface area contributed by atoms with Crippen LogP contribution in [0, 0.1) is 5.82 Å². The molecule has 0 saturated carbocycles. The molecule has 0 aliphatic rings. The summed E-state index contributed by atoms with van der Waals surface area (Å²) in [6, 6.07) is 18.1. The van der Waals surface area contributed by atoms with Gasteiger partial charge in [0, 0.05) is 23.6 Å². The summed E-state index contributed by atoms with van der Waals surface area (Å²) in [7, 11) is 0. The van der Waals surface area contributed by atoms with Crippen LogP contribution in [0.1, 0.15) is 30.9 Å². The Morgan fingerprint density at radius 2 is 1.66 bits per heavy atom. The van der Waals surface area contributed by atoms with Gasteiger partial charge in [0.2, 0.25) is 11.8 Å². The first-order valence-corrected chi connectivity index (χ1v) is 11.3. The lowest BCUT2D eigenvalue weighted by Crippen LogP contribution is -2.20. The van der Waals surface area contributed by atoms with Gasteiger partial charge >= 0.3 is 0 Å². The second-order valence-corrected chi connectivity index (χ2v) is 7.84. The number of hydrazone groups is 1. The number of amides is 2. The molecule has 3 aromatic rings. The molecule has 0 radical (unpaired) electrons. The fourth-order valence-electron chi connectivity index (χ4n) is 2.95. The Hall–Kier alpha value is -3.91. The monoisotopic (exact) mass is 497 g/mol. The van der Waals surface area contributed by atoms with Crippen molar-refractivity contribution in [2.24, 2.45) is 5.10 Å². The predicted molar refractivity (Wildman–Crippen MR) is 133 cm³/mol. The second-order valence-electron chi connectivity index (χ2n) is 7.40. The van der Waals surface area contributed by atoms with Crippen molar-refractivity contribution >= 4 is 35.3 Å². The van der Waals surface area contributed by atoms with Crippen molar-refractivity contribution in [2.75, 3.05) is 11.9 Å². The van der Waals surface area contributed by atoms with Gasteiger partial charge in [-0.2, -0.15) is 5.10 Å². The van der Waals surface area contributed by atoms with Gasteiger partial charge < -0.3 is 14.8 Å². The van der Waals surface area contributed by atoms with Crippen molar-refractivity contribution in [3.8, 4) is 11.5 Å². The van der Waals surface area contributed by atoms with Crippen molar-refractivity contribution in [1.29, 1.82) is 0 Å². The van der Waals surface area contributed by atoms with Crippen LogP contribution < -0.4 is 20.2 Å². The summed E-state index contributed by atoms with van der Waals surface area (Å²) >= 11 is 5.91. The summed E-state index contributed by atoms with van der Waals surface area (Å²) in [6.07, 6.45) is 1.39. The van der Waals surface area contributed by atoms with E-state index in [4.69, 9.17) is 21.1 Å². The van der Waals surface area contributed by atoms with Crippen LogP contribution in [0.15, 0.2) is 71.8 Å². The predicted octanol–water partition coefficient (Wildman–Crippen LogP) is 5.33. The lowest BCUT2D eigenvalue weighted by atomic mass is 10.2. The number of anilines is 1. The van der Waals surface area contributed by atoms with Crippen LogP contribution in [0.5, 0.6) is 11.5 Å². The Kier molecular flexibility index (Phi) is 9.62. The molecule has 0 heterocycles. The van der Waals surface area contributed by atoms with Crippen LogP contribution >= 0.6 is 11.6 Å². The van der Waals surface area contributed by atoms with E-state index in [2.05, 4.69) is 15.8 Å². The largest absolute Gasteiger partial charge is 0.490 e. The van der Waals surface area contributed by atoms with Crippen molar-refractivity contribution in [2.45, 2.75) is 26.4 Å². The summed E-state index contributed by atoms with van der Waals surface area (Å²) in [6.45, 7) is 2.68. The lowest BCUT2D eigenvalue weighted by Gasteiger charge is -2.12. The van der Waals surface area contributed by atoms with E-state index < -0.39 is 11.7 Å². The first-order valence-electron chi connectivity index (χ1n) is 10.9. The van der Waals surface area contributed by atoms with Gasteiger partial charge in [0.25, 0.3) is 0 Å². The summed E-state index contributed by atoms with van der Waals surface area (Å²) in [5.74, 6) is -0.0344. The molecule has 7 nitrogen and oxygen atoms in total. The number of ether oxygens (including phenoxy) is 2. The van der Waals surface area contributed by atoms with Crippen molar-refractivity contribution in [3.05, 3.63) is 88.7 Å². The molecule has 3 rings (SSSR count). The molecule has 0 saturated heterocycles. The molecule has 2 N–H and O–H groups in total. The molecular formula is C26H25ClFN3O4. The number of nitrogens with zero attached hydrogens (tertiary/aromatic N) is 1. The van der Waals surface area contributed by atoms with Crippen LogP contribution in [0.2, 0.25) is 5.02 Å². The fraction of sp³-hybridized carbons (Fsp3) is 0.192. The maximum absolute atomic E-state index is 12.9. The third kappa shape index (κ3) is 8.75. The standard InChI is InChI=1S/C26H25ClFN3O4/c1-2-34-24-15-19(5-12-23(24)35-17-18-3-6-20(27)7-4-18)16-29-31-26(33)14-13-25(32)30-22-10-8-21(28)9-11-22/h3-12,15-16H,2,13-14,17H2,1H3,(H,30,32)(H,31,33). The molecule has 35 heavy (non-hydrogen) atoms. The summed E-state index contributed by atoms with van der Waals surface area (Å²) in [5, 5.41) is 7.20. The quantitative estimate of drug-likeness (QED) is 0.277. The molecule has 0 spiro atoms. The van der Waals surface area contributed by atoms with Crippen molar-refractivity contribution in [1.82, 2.24) is 5.43 Å². The number of nitrogens with one attached hydrogen (secondary N) is 2. The molecule has 0 aliphatic heterocycles. The number of rotatable bonds is 11. The number of halogens is 2. The molecular weight excluding hydrogens is 473 g/mol. The Morgan fingerprint density at radius 1 is 0.943 bits per heavy atom. The van der Waals surface area contributed by atoms with Gasteiger partial charge in [-0.15, -0.1) is 0 Å². The highest BCUT2D eigenvalue weighted by Gasteiger charge is 2.08. The zero-order chi connectivity index (χ0) is 25.0. The second kappa shape index (κ2) is 13.1. The average Bonchev–Trinajstić information content (AvgIpc) is 2.85. The van der Waals surface area contributed by atoms with Crippen LogP contribution in [-0.4, -0.2) is 24.6 Å². The fourth-order valence-corrected chi connectivity index (χ4v) is 3.08. The van der Waals surface area contributed by atoms with E-state index in [1.165, 1.54) is 30.5 Å². The Morgan fingerprint density at radius 3 is 2.37 bits per heavy atom. The van der Waals surface area contributed by atoms with E-state index in [0.29, 0.717) is 41.0 Å². The van der Waals surface area contributed by atoms with Gasteiger partial charge in [-0.25, -0.2) is 9.82 Å². The molecule has 9 heteroatoms. The van der Waals surface area contributed by atoms with E-state index >= 15 is 0 Å². The Bertz CT molecular complexity index is 1170. The van der Waals surface area contributed by atoms with Crippen LogP contribution in [0.25, 0.3) is 0 Å². The summed E-state index contributed by atoms with van der Waals surface area (Å²) < 4.78 is 24.5. The molecule has 3 aromatic carbocycles. The van der Waals surface area contributed by atoms with E-state index in [1.807, 2.05) is 19.1 Å². The third-order valence-electron chi connectivity index (χ3n) is 4.69. The Labute approximate surface area is 207 Å². The normalized spacial score (nSPS) is 10.7. The number of hydrogen-bond acceptors (Lipinski definition) is 5. The number of carbonyl (C=O) groups is 2. The molecule has 2 amide bonds. The van der Waals surface area contributed by atoms with E-state index in [9.17, 15) is 14.0 Å². The highest BCUT2D eigenvalue weighted by atomic mass is 35.5. The third-order valence-corrected chi connectivity index (χ3v) is 4.94. The van der Waals surface area contributed by atoms with Gasteiger partial charge in [-0.3, -0.25) is 9.59 Å². The highest BCUT2D eigenvalue weighted by Crippen LogP contribution is 2.29. The van der Waals surface area contributed by atoms with Gasteiger partial charge in [0.1, 0.15) is 12.4 Å². The topological polar surface area (TPSA) is 89.0 Å². The molecule has 0 atom stereocenters. The van der Waals surface area contributed by atoms with Gasteiger partial charge in [-0.1, -0.05) is 23.7 Å². The number of hydrogen-bond donors (Lipinski definition) is 2. The SMILES string of the molecule is CCOc1cc(C=NNC(=O)CCC(=O)Nc2ccc(F)cc2)ccc1OCc1ccc(Cl)cc1. The molecule has 0 aliphatic carbocycles. The lowest BCUT2D eigenvalue weighted by molar-refractivity contribution is -0.124. The molecule has 0 bridgehead atoms.